The molecule has 0 aromatic heterocycles. The Morgan fingerprint density at radius 2 is 2.64 bits per heavy atom. The van der Waals surface area contributed by atoms with Crippen LogP contribution in [0.2, 0.25) is 0 Å². The number of rotatable bonds is 3. The van der Waals surface area contributed by atoms with E-state index in [2.05, 4.69) is 5.32 Å². The summed E-state index contributed by atoms with van der Waals surface area (Å²) in [6, 6.07) is 0. The lowest BCUT2D eigenvalue weighted by atomic mass is 10.4. The number of hydrogen-bond acceptors (Lipinski definition) is 3. The molecule has 0 bridgehead atoms. The number of amides is 1. The lowest BCUT2D eigenvalue weighted by molar-refractivity contribution is -0.120. The minimum absolute atomic E-state index is 0.148. The van der Waals surface area contributed by atoms with Crippen LogP contribution in [-0.2, 0) is 14.3 Å². The molecule has 0 aromatic rings. The van der Waals surface area contributed by atoms with Crippen molar-refractivity contribution in [3.05, 3.63) is 12.0 Å². The summed E-state index contributed by atoms with van der Waals surface area (Å²) in [5, 5.41) is 2.66. The summed E-state index contributed by atoms with van der Waals surface area (Å²) in [4.78, 5) is 11.0. The first-order chi connectivity index (χ1) is 5.34. The van der Waals surface area contributed by atoms with Crippen LogP contribution in [0.3, 0.4) is 0 Å². The van der Waals surface area contributed by atoms with E-state index < -0.39 is 0 Å². The second kappa shape index (κ2) is 3.85. The van der Waals surface area contributed by atoms with E-state index in [0.29, 0.717) is 6.54 Å². The molecule has 0 aromatic carbocycles. The van der Waals surface area contributed by atoms with E-state index in [4.69, 9.17) is 9.47 Å². The molecule has 1 rings (SSSR count). The zero-order valence-corrected chi connectivity index (χ0v) is 6.42. The van der Waals surface area contributed by atoms with E-state index in [1.165, 1.54) is 6.26 Å². The fourth-order valence-corrected chi connectivity index (χ4v) is 0.686. The Morgan fingerprint density at radius 3 is 3.18 bits per heavy atom. The Kier molecular flexibility index (Phi) is 2.77. The lowest BCUT2D eigenvalue weighted by Crippen LogP contribution is -2.25. The van der Waals surface area contributed by atoms with Crippen LogP contribution in [0, 0.1) is 0 Å². The Hall–Kier alpha value is -1.19. The van der Waals surface area contributed by atoms with Gasteiger partial charge in [0.25, 0.3) is 5.91 Å². The Labute approximate surface area is 65.2 Å². The predicted octanol–water partition coefficient (Wildman–Crippen LogP) is 0.358. The van der Waals surface area contributed by atoms with Crippen molar-refractivity contribution in [2.75, 3.05) is 13.3 Å². The molecule has 0 aliphatic carbocycles. The first-order valence-corrected chi connectivity index (χ1v) is 3.57. The van der Waals surface area contributed by atoms with Crippen molar-refractivity contribution in [3.63, 3.8) is 0 Å². The maximum atomic E-state index is 11.0. The third-order valence-electron chi connectivity index (χ3n) is 1.23. The van der Waals surface area contributed by atoms with Crippen LogP contribution in [0.1, 0.15) is 13.3 Å². The van der Waals surface area contributed by atoms with Crippen molar-refractivity contribution in [2.24, 2.45) is 0 Å². The van der Waals surface area contributed by atoms with Crippen LogP contribution in [-0.4, -0.2) is 19.2 Å². The van der Waals surface area contributed by atoms with Crippen LogP contribution in [0.5, 0.6) is 0 Å². The van der Waals surface area contributed by atoms with Gasteiger partial charge in [0.1, 0.15) is 6.26 Å². The van der Waals surface area contributed by atoms with Crippen LogP contribution < -0.4 is 5.32 Å². The number of carbonyl (C=O) groups is 1. The van der Waals surface area contributed by atoms with Crippen molar-refractivity contribution < 1.29 is 14.3 Å². The second-order valence-electron chi connectivity index (χ2n) is 2.17. The van der Waals surface area contributed by atoms with Gasteiger partial charge >= 0.3 is 0 Å². The Bertz CT molecular complexity index is 177. The second-order valence-corrected chi connectivity index (χ2v) is 2.17. The summed E-state index contributed by atoms with van der Waals surface area (Å²) in [6.45, 7) is 2.80. The summed E-state index contributed by atoms with van der Waals surface area (Å²) in [5.74, 6) is 0.0581. The highest BCUT2D eigenvalue weighted by molar-refractivity contribution is 5.91. The molecule has 0 unspecified atom stereocenters. The molecule has 1 aliphatic heterocycles. The Balaban J connectivity index is 2.29. The Morgan fingerprint density at radius 1 is 1.82 bits per heavy atom. The fraction of sp³-hybridized carbons (Fsp3) is 0.571. The van der Waals surface area contributed by atoms with E-state index in [-0.39, 0.29) is 18.5 Å². The van der Waals surface area contributed by atoms with Gasteiger partial charge in [-0.25, -0.2) is 0 Å². The quantitative estimate of drug-likeness (QED) is 0.643. The number of ether oxygens (including phenoxy) is 2. The van der Waals surface area contributed by atoms with Crippen molar-refractivity contribution in [3.8, 4) is 0 Å². The van der Waals surface area contributed by atoms with Gasteiger partial charge in [0.05, 0.1) is 0 Å². The summed E-state index contributed by atoms with van der Waals surface area (Å²) in [5.41, 5.74) is 0. The van der Waals surface area contributed by atoms with Gasteiger partial charge in [-0.2, -0.15) is 0 Å². The van der Waals surface area contributed by atoms with Crippen LogP contribution >= 0.6 is 0 Å². The minimum atomic E-state index is -0.204. The van der Waals surface area contributed by atoms with Crippen molar-refractivity contribution in [1.82, 2.24) is 5.32 Å². The number of carbonyl (C=O) groups excluding carboxylic acids is 1. The van der Waals surface area contributed by atoms with E-state index >= 15 is 0 Å². The average molecular weight is 157 g/mol. The monoisotopic (exact) mass is 157 g/mol. The molecule has 0 fully saturated rings. The van der Waals surface area contributed by atoms with Crippen LogP contribution in [0.25, 0.3) is 0 Å². The molecule has 0 spiro atoms. The van der Waals surface area contributed by atoms with Crippen LogP contribution in [0.15, 0.2) is 12.0 Å². The lowest BCUT2D eigenvalue weighted by Gasteiger charge is -2.01. The zero-order valence-electron chi connectivity index (χ0n) is 6.42. The molecule has 0 radical (unpaired) electrons. The first kappa shape index (κ1) is 7.91. The predicted molar refractivity (Wildman–Crippen MR) is 38.4 cm³/mol. The molecule has 4 nitrogen and oxygen atoms in total. The van der Waals surface area contributed by atoms with Crippen LogP contribution in [0.4, 0.5) is 0 Å². The maximum Gasteiger partial charge on any atom is 0.289 e. The van der Waals surface area contributed by atoms with Crippen molar-refractivity contribution in [2.45, 2.75) is 13.3 Å². The normalized spacial score (nSPS) is 14.8. The van der Waals surface area contributed by atoms with Gasteiger partial charge in [0, 0.05) is 6.54 Å². The summed E-state index contributed by atoms with van der Waals surface area (Å²) in [7, 11) is 0. The average Bonchev–Trinajstić information content (AvgIpc) is 2.52. The molecule has 11 heavy (non-hydrogen) atoms. The highest BCUT2D eigenvalue weighted by Crippen LogP contribution is 2.05. The third-order valence-corrected chi connectivity index (χ3v) is 1.23. The molecule has 1 amide bonds. The molecule has 1 N–H and O–H groups in total. The smallest absolute Gasteiger partial charge is 0.289 e. The largest absolute Gasteiger partial charge is 0.461 e. The number of hydrogen-bond donors (Lipinski definition) is 1. The molecular formula is C7H11NO3. The van der Waals surface area contributed by atoms with Gasteiger partial charge in [-0.3, -0.25) is 4.79 Å². The van der Waals surface area contributed by atoms with E-state index in [1.807, 2.05) is 6.92 Å². The fourth-order valence-electron chi connectivity index (χ4n) is 0.686. The maximum absolute atomic E-state index is 11.0. The first-order valence-electron chi connectivity index (χ1n) is 3.57. The van der Waals surface area contributed by atoms with E-state index in [9.17, 15) is 4.79 Å². The molecule has 0 atom stereocenters. The van der Waals surface area contributed by atoms with Gasteiger partial charge in [-0.1, -0.05) is 6.92 Å². The highest BCUT2D eigenvalue weighted by Gasteiger charge is 2.14. The van der Waals surface area contributed by atoms with Gasteiger partial charge in [-0.05, 0) is 6.42 Å². The molecule has 1 heterocycles. The van der Waals surface area contributed by atoms with Gasteiger partial charge < -0.3 is 14.8 Å². The molecule has 0 saturated heterocycles. The molecule has 4 heteroatoms. The van der Waals surface area contributed by atoms with Crippen molar-refractivity contribution >= 4 is 5.91 Å². The molecule has 1 aliphatic rings. The highest BCUT2D eigenvalue weighted by atomic mass is 16.7. The zero-order chi connectivity index (χ0) is 8.10. The standard InChI is InChI=1S/C7H11NO3/c1-2-3-8-7(9)6-4-10-5-11-6/h4H,2-3,5H2,1H3,(H,8,9). The van der Waals surface area contributed by atoms with Gasteiger partial charge in [0.15, 0.2) is 0 Å². The van der Waals surface area contributed by atoms with E-state index in [1.54, 1.807) is 0 Å². The molecule has 62 valence electrons. The third kappa shape index (κ3) is 2.14. The van der Waals surface area contributed by atoms with Gasteiger partial charge in [-0.15, -0.1) is 0 Å². The topological polar surface area (TPSA) is 47.6 Å². The summed E-state index contributed by atoms with van der Waals surface area (Å²) < 4.78 is 9.55. The van der Waals surface area contributed by atoms with E-state index in [0.717, 1.165) is 6.42 Å². The van der Waals surface area contributed by atoms with Crippen molar-refractivity contribution in [1.29, 1.82) is 0 Å². The minimum Gasteiger partial charge on any atom is -0.461 e. The number of nitrogens with one attached hydrogen (secondary N) is 1. The SMILES string of the molecule is CCCNC(=O)C1=COCO1. The van der Waals surface area contributed by atoms with Gasteiger partial charge in [0.2, 0.25) is 12.6 Å². The molecular weight excluding hydrogens is 146 g/mol. The summed E-state index contributed by atoms with van der Waals surface area (Å²) >= 11 is 0. The summed E-state index contributed by atoms with van der Waals surface area (Å²) in [6.07, 6.45) is 2.24. The molecule has 0 saturated carbocycles.